The first kappa shape index (κ1) is 21.2. The van der Waals surface area contributed by atoms with Crippen molar-refractivity contribution in [3.8, 4) is 0 Å². The molecule has 2 aromatic rings. The van der Waals surface area contributed by atoms with E-state index >= 15 is 0 Å². The van der Waals surface area contributed by atoms with E-state index in [9.17, 15) is 4.79 Å². The molecule has 2 heterocycles. The van der Waals surface area contributed by atoms with Crippen LogP contribution in [0.2, 0.25) is 0 Å². The third-order valence-electron chi connectivity index (χ3n) is 5.53. The second-order valence-corrected chi connectivity index (χ2v) is 8.59. The van der Waals surface area contributed by atoms with Crippen molar-refractivity contribution in [2.75, 3.05) is 32.8 Å². The molecule has 0 radical (unpaired) electrons. The molecule has 0 atom stereocenters. The summed E-state index contributed by atoms with van der Waals surface area (Å²) < 4.78 is 5.39. The molecule has 152 valence electrons. The predicted molar refractivity (Wildman–Crippen MR) is 117 cm³/mol. The van der Waals surface area contributed by atoms with Crippen molar-refractivity contribution >= 4 is 17.1 Å². The average Bonchev–Trinajstić information content (AvgIpc) is 3.28. The van der Waals surface area contributed by atoms with Gasteiger partial charge in [-0.2, -0.15) is 0 Å². The van der Waals surface area contributed by atoms with Gasteiger partial charge in [0.15, 0.2) is 0 Å². The highest BCUT2D eigenvalue weighted by atomic mass is 32.1. The second-order valence-electron chi connectivity index (χ2n) is 7.64. The molecular weight excluding hydrogens is 366 g/mol. The zero-order valence-corrected chi connectivity index (χ0v) is 17.7. The van der Waals surface area contributed by atoms with Gasteiger partial charge in [0.1, 0.15) is 0 Å². The van der Waals surface area contributed by atoms with E-state index in [0.717, 1.165) is 43.2 Å². The van der Waals surface area contributed by atoms with Crippen LogP contribution < -0.4 is 0 Å². The highest BCUT2D eigenvalue weighted by Crippen LogP contribution is 2.20. The van der Waals surface area contributed by atoms with Gasteiger partial charge < -0.3 is 4.74 Å². The Balaban J connectivity index is 1.28. The third-order valence-corrected chi connectivity index (χ3v) is 6.40. The number of hydrogen-bond acceptors (Lipinski definition) is 4. The van der Waals surface area contributed by atoms with E-state index in [1.54, 1.807) is 0 Å². The molecule has 0 bridgehead atoms. The van der Waals surface area contributed by atoms with Gasteiger partial charge in [-0.1, -0.05) is 62.4 Å². The molecule has 3 nitrogen and oxygen atoms in total. The number of aryl methyl sites for hydroxylation is 1. The standard InChI is InChI=1S/C24H33NO2S/c26-24(23-14-10-20-28-23)22-13-8-7-12-21(22)11-6-4-2-1-3-5-9-15-25-16-18-27-19-17-25/h7-8,10,12-14,20H,1-6,9,11,15-19H2. The van der Waals surface area contributed by atoms with Crippen LogP contribution in [-0.2, 0) is 11.2 Å². The van der Waals surface area contributed by atoms with E-state index < -0.39 is 0 Å². The number of nitrogens with zero attached hydrogens (tertiary/aromatic N) is 1. The maximum Gasteiger partial charge on any atom is 0.203 e. The molecule has 1 fully saturated rings. The molecule has 28 heavy (non-hydrogen) atoms. The summed E-state index contributed by atoms with van der Waals surface area (Å²) in [6.45, 7) is 5.26. The molecule has 3 rings (SSSR count). The van der Waals surface area contributed by atoms with Gasteiger partial charge in [-0.25, -0.2) is 0 Å². The molecule has 0 N–H and O–H groups in total. The lowest BCUT2D eigenvalue weighted by Crippen LogP contribution is -2.36. The number of ketones is 1. The summed E-state index contributed by atoms with van der Waals surface area (Å²) in [6.07, 6.45) is 10.1. The summed E-state index contributed by atoms with van der Waals surface area (Å²) in [5.41, 5.74) is 2.08. The van der Waals surface area contributed by atoms with E-state index in [0.29, 0.717) is 0 Å². The molecule has 0 saturated carbocycles. The van der Waals surface area contributed by atoms with Gasteiger partial charge in [-0.15, -0.1) is 11.3 Å². The summed E-state index contributed by atoms with van der Waals surface area (Å²) in [4.78, 5) is 16.0. The topological polar surface area (TPSA) is 29.5 Å². The van der Waals surface area contributed by atoms with Crippen molar-refractivity contribution < 1.29 is 9.53 Å². The lowest BCUT2D eigenvalue weighted by molar-refractivity contribution is 0.0371. The molecule has 1 aromatic carbocycles. The lowest BCUT2D eigenvalue weighted by Gasteiger charge is -2.26. The van der Waals surface area contributed by atoms with Crippen molar-refractivity contribution in [2.45, 2.75) is 51.4 Å². The molecular formula is C24H33NO2S. The van der Waals surface area contributed by atoms with Crippen molar-refractivity contribution in [2.24, 2.45) is 0 Å². The molecule has 1 aliphatic rings. The van der Waals surface area contributed by atoms with Gasteiger partial charge >= 0.3 is 0 Å². The third kappa shape index (κ3) is 6.84. The second kappa shape index (κ2) is 12.2. The number of benzene rings is 1. The van der Waals surface area contributed by atoms with Crippen molar-refractivity contribution in [3.05, 3.63) is 57.8 Å². The summed E-state index contributed by atoms with van der Waals surface area (Å²) in [7, 11) is 0. The van der Waals surface area contributed by atoms with Crippen LogP contribution in [0.1, 0.15) is 65.7 Å². The van der Waals surface area contributed by atoms with Gasteiger partial charge in [0.25, 0.3) is 0 Å². The maximum absolute atomic E-state index is 12.7. The quantitative estimate of drug-likeness (QED) is 0.344. The van der Waals surface area contributed by atoms with Crippen LogP contribution in [0.25, 0.3) is 0 Å². The summed E-state index contributed by atoms with van der Waals surface area (Å²) in [5, 5.41) is 1.97. The minimum absolute atomic E-state index is 0.172. The Hall–Kier alpha value is -1.49. The van der Waals surface area contributed by atoms with E-state index in [1.807, 2.05) is 29.6 Å². The number of morpholine rings is 1. The number of hydrogen-bond donors (Lipinski definition) is 0. The van der Waals surface area contributed by atoms with Crippen molar-refractivity contribution in [1.82, 2.24) is 4.90 Å². The van der Waals surface area contributed by atoms with E-state index in [1.165, 1.54) is 68.4 Å². The Labute approximate surface area is 173 Å². The van der Waals surface area contributed by atoms with Crippen LogP contribution in [0.4, 0.5) is 0 Å². The van der Waals surface area contributed by atoms with Crippen LogP contribution in [0, 0.1) is 0 Å². The maximum atomic E-state index is 12.7. The van der Waals surface area contributed by atoms with Gasteiger partial charge in [0, 0.05) is 18.7 Å². The zero-order valence-electron chi connectivity index (χ0n) is 16.9. The summed E-state index contributed by atoms with van der Waals surface area (Å²) in [6, 6.07) is 12.0. The molecule has 0 aliphatic carbocycles. The Morgan fingerprint density at radius 2 is 1.61 bits per heavy atom. The highest BCUT2D eigenvalue weighted by molar-refractivity contribution is 7.12. The number of ether oxygens (including phenoxy) is 1. The zero-order chi connectivity index (χ0) is 19.4. The fraction of sp³-hybridized carbons (Fsp3) is 0.542. The molecule has 0 amide bonds. The first-order chi connectivity index (χ1) is 13.8. The number of carbonyl (C=O) groups is 1. The number of carbonyl (C=O) groups excluding carboxylic acids is 1. The lowest BCUT2D eigenvalue weighted by atomic mass is 9.97. The number of thiophene rings is 1. The average molecular weight is 400 g/mol. The van der Waals surface area contributed by atoms with Gasteiger partial charge in [0.05, 0.1) is 18.1 Å². The predicted octanol–water partition coefficient (Wildman–Crippen LogP) is 5.58. The van der Waals surface area contributed by atoms with Crippen LogP contribution >= 0.6 is 11.3 Å². The van der Waals surface area contributed by atoms with Crippen LogP contribution in [0.3, 0.4) is 0 Å². The highest BCUT2D eigenvalue weighted by Gasteiger charge is 2.13. The van der Waals surface area contributed by atoms with Crippen molar-refractivity contribution in [1.29, 1.82) is 0 Å². The molecule has 1 aliphatic heterocycles. The first-order valence-electron chi connectivity index (χ1n) is 10.8. The first-order valence-corrected chi connectivity index (χ1v) is 11.7. The molecule has 0 unspecified atom stereocenters. The van der Waals surface area contributed by atoms with Crippen LogP contribution in [0.5, 0.6) is 0 Å². The summed E-state index contributed by atoms with van der Waals surface area (Å²) >= 11 is 1.53. The van der Waals surface area contributed by atoms with E-state index in [-0.39, 0.29) is 5.78 Å². The fourth-order valence-corrected chi connectivity index (χ4v) is 4.54. The molecule has 0 spiro atoms. The fourth-order valence-electron chi connectivity index (χ4n) is 3.86. The molecule has 4 heteroatoms. The SMILES string of the molecule is O=C(c1cccs1)c1ccccc1CCCCCCCCCN1CCOCC1. The van der Waals surface area contributed by atoms with Gasteiger partial charge in [0.2, 0.25) is 5.78 Å². The Morgan fingerprint density at radius 1 is 0.893 bits per heavy atom. The molecule has 1 aromatic heterocycles. The Bertz CT molecular complexity index is 692. The number of rotatable bonds is 12. The van der Waals surface area contributed by atoms with Gasteiger partial charge in [-0.3, -0.25) is 9.69 Å². The van der Waals surface area contributed by atoms with E-state index in [4.69, 9.17) is 4.74 Å². The molecule has 1 saturated heterocycles. The Morgan fingerprint density at radius 3 is 2.36 bits per heavy atom. The smallest absolute Gasteiger partial charge is 0.203 e. The van der Waals surface area contributed by atoms with Gasteiger partial charge in [-0.05, 0) is 42.8 Å². The van der Waals surface area contributed by atoms with Crippen LogP contribution in [0.15, 0.2) is 41.8 Å². The Kier molecular flexibility index (Phi) is 9.21. The minimum Gasteiger partial charge on any atom is -0.379 e. The summed E-state index contributed by atoms with van der Waals surface area (Å²) in [5.74, 6) is 0.172. The van der Waals surface area contributed by atoms with Crippen LogP contribution in [-0.4, -0.2) is 43.5 Å². The monoisotopic (exact) mass is 399 g/mol. The van der Waals surface area contributed by atoms with Crippen molar-refractivity contribution in [3.63, 3.8) is 0 Å². The minimum atomic E-state index is 0.172. The normalized spacial score (nSPS) is 15.0. The van der Waals surface area contributed by atoms with E-state index in [2.05, 4.69) is 17.0 Å². The largest absolute Gasteiger partial charge is 0.379 e. The number of unbranched alkanes of at least 4 members (excludes halogenated alkanes) is 6.